The zero-order chi connectivity index (χ0) is 13.7. The van der Waals surface area contributed by atoms with E-state index < -0.39 is 17.9 Å². The number of hydrogen-bond donors (Lipinski definition) is 2. The van der Waals surface area contributed by atoms with Gasteiger partial charge in [0.2, 0.25) is 11.8 Å². The lowest BCUT2D eigenvalue weighted by Crippen LogP contribution is -2.44. The van der Waals surface area contributed by atoms with Crippen molar-refractivity contribution in [3.63, 3.8) is 0 Å². The first-order valence-corrected chi connectivity index (χ1v) is 6.22. The molecule has 1 aliphatic heterocycles. The van der Waals surface area contributed by atoms with Crippen LogP contribution in [0.25, 0.3) is 0 Å². The molecule has 6 heteroatoms. The second-order valence-corrected chi connectivity index (χ2v) is 4.72. The van der Waals surface area contributed by atoms with E-state index >= 15 is 0 Å². The molecule has 1 saturated heterocycles. The Hall–Kier alpha value is -1.59. The van der Waals surface area contributed by atoms with Crippen LogP contribution in [0.3, 0.4) is 0 Å². The lowest BCUT2D eigenvalue weighted by atomic mass is 10.1. The number of carboxylic acids is 1. The molecule has 0 aromatic carbocycles. The van der Waals surface area contributed by atoms with Gasteiger partial charge in [0, 0.05) is 20.0 Å². The number of carboxylic acid groups (broad SMARTS) is 1. The van der Waals surface area contributed by atoms with E-state index in [-0.39, 0.29) is 18.2 Å². The van der Waals surface area contributed by atoms with Crippen LogP contribution < -0.4 is 5.32 Å². The zero-order valence-electron chi connectivity index (χ0n) is 10.8. The van der Waals surface area contributed by atoms with E-state index in [1.54, 1.807) is 7.05 Å². The molecular weight excluding hydrogens is 236 g/mol. The van der Waals surface area contributed by atoms with Gasteiger partial charge in [0.05, 0.1) is 5.92 Å². The number of nitrogens with zero attached hydrogens (tertiary/aromatic N) is 1. The third-order valence-corrected chi connectivity index (χ3v) is 3.17. The molecule has 1 heterocycles. The van der Waals surface area contributed by atoms with E-state index in [4.69, 9.17) is 5.11 Å². The molecule has 102 valence electrons. The third-order valence-electron chi connectivity index (χ3n) is 3.17. The molecule has 0 aliphatic carbocycles. The number of likely N-dealkylation sites (tertiary alicyclic amines) is 1. The Kier molecular flexibility index (Phi) is 5.12. The van der Waals surface area contributed by atoms with Crippen molar-refractivity contribution in [3.8, 4) is 0 Å². The molecule has 2 unspecified atom stereocenters. The number of carbonyl (C=O) groups is 3. The summed E-state index contributed by atoms with van der Waals surface area (Å²) in [6.45, 7) is 2.33. The number of hydrogen-bond acceptors (Lipinski definition) is 3. The molecule has 18 heavy (non-hydrogen) atoms. The van der Waals surface area contributed by atoms with Gasteiger partial charge in [0.1, 0.15) is 6.04 Å². The topological polar surface area (TPSA) is 86.7 Å². The summed E-state index contributed by atoms with van der Waals surface area (Å²) in [7, 11) is 1.64. The lowest BCUT2D eigenvalue weighted by Gasteiger charge is -2.16. The monoisotopic (exact) mass is 256 g/mol. The maximum Gasteiger partial charge on any atom is 0.326 e. The smallest absolute Gasteiger partial charge is 0.326 e. The molecule has 1 fully saturated rings. The van der Waals surface area contributed by atoms with E-state index in [9.17, 15) is 14.4 Å². The lowest BCUT2D eigenvalue weighted by molar-refractivity contribution is -0.142. The molecule has 1 rings (SSSR count). The molecular formula is C12H20N2O4. The van der Waals surface area contributed by atoms with E-state index in [1.807, 2.05) is 6.92 Å². The van der Waals surface area contributed by atoms with Crippen LogP contribution in [0, 0.1) is 5.92 Å². The Labute approximate surface area is 106 Å². The summed E-state index contributed by atoms with van der Waals surface area (Å²) in [6, 6.07) is -0.849. The van der Waals surface area contributed by atoms with Crippen molar-refractivity contribution in [2.45, 2.75) is 38.6 Å². The number of carbonyl (C=O) groups excluding carboxylic acids is 2. The SMILES string of the molecule is CCCCC(NC(=O)C1CC(=O)N(C)C1)C(=O)O. The predicted molar refractivity (Wildman–Crippen MR) is 64.8 cm³/mol. The van der Waals surface area contributed by atoms with Gasteiger partial charge >= 0.3 is 5.97 Å². The number of nitrogens with one attached hydrogen (secondary N) is 1. The highest BCUT2D eigenvalue weighted by Gasteiger charge is 2.33. The number of aliphatic carboxylic acids is 1. The Balaban J connectivity index is 2.51. The summed E-state index contributed by atoms with van der Waals surface area (Å²) in [5.41, 5.74) is 0. The van der Waals surface area contributed by atoms with E-state index in [0.717, 1.165) is 12.8 Å². The summed E-state index contributed by atoms with van der Waals surface area (Å²) in [6.07, 6.45) is 2.22. The molecule has 6 nitrogen and oxygen atoms in total. The summed E-state index contributed by atoms with van der Waals surface area (Å²) >= 11 is 0. The minimum absolute atomic E-state index is 0.0735. The van der Waals surface area contributed by atoms with E-state index in [0.29, 0.717) is 13.0 Å². The molecule has 1 aliphatic rings. The highest BCUT2D eigenvalue weighted by atomic mass is 16.4. The minimum Gasteiger partial charge on any atom is -0.480 e. The number of rotatable bonds is 6. The van der Waals surface area contributed by atoms with Crippen LogP contribution >= 0.6 is 0 Å². The first-order valence-electron chi connectivity index (χ1n) is 6.22. The van der Waals surface area contributed by atoms with Crippen molar-refractivity contribution in [1.82, 2.24) is 10.2 Å². The van der Waals surface area contributed by atoms with Gasteiger partial charge in [-0.3, -0.25) is 9.59 Å². The largest absolute Gasteiger partial charge is 0.480 e. The van der Waals surface area contributed by atoms with Crippen LogP contribution in [0.1, 0.15) is 32.6 Å². The standard InChI is InChI=1S/C12H20N2O4/c1-3-4-5-9(12(17)18)13-11(16)8-6-10(15)14(2)7-8/h8-9H,3-7H2,1-2H3,(H,13,16)(H,17,18). The average molecular weight is 256 g/mol. The molecule has 0 saturated carbocycles. The Morgan fingerprint density at radius 1 is 1.56 bits per heavy atom. The molecule has 0 bridgehead atoms. The van der Waals surface area contributed by atoms with Crippen molar-refractivity contribution in [3.05, 3.63) is 0 Å². The van der Waals surface area contributed by atoms with Crippen molar-refractivity contribution in [2.24, 2.45) is 5.92 Å². The Bertz CT molecular complexity index is 343. The first-order chi connectivity index (χ1) is 8.45. The van der Waals surface area contributed by atoms with Gasteiger partial charge in [-0.05, 0) is 6.42 Å². The highest BCUT2D eigenvalue weighted by Crippen LogP contribution is 2.16. The second kappa shape index (κ2) is 6.37. The van der Waals surface area contributed by atoms with Crippen molar-refractivity contribution in [2.75, 3.05) is 13.6 Å². The van der Waals surface area contributed by atoms with Gasteiger partial charge in [0.15, 0.2) is 0 Å². The van der Waals surface area contributed by atoms with Crippen LogP contribution in [0.15, 0.2) is 0 Å². The second-order valence-electron chi connectivity index (χ2n) is 4.72. The molecule has 2 amide bonds. The van der Waals surface area contributed by atoms with Crippen LogP contribution in [0.2, 0.25) is 0 Å². The summed E-state index contributed by atoms with van der Waals surface area (Å²) in [5, 5.41) is 11.5. The number of unbranched alkanes of at least 4 members (excludes halogenated alkanes) is 1. The summed E-state index contributed by atoms with van der Waals surface area (Å²) in [5.74, 6) is -1.85. The van der Waals surface area contributed by atoms with Gasteiger partial charge in [-0.2, -0.15) is 0 Å². The van der Waals surface area contributed by atoms with E-state index in [2.05, 4.69) is 5.32 Å². The van der Waals surface area contributed by atoms with E-state index in [1.165, 1.54) is 4.90 Å². The first kappa shape index (κ1) is 14.5. The molecule has 0 spiro atoms. The Morgan fingerprint density at radius 3 is 2.67 bits per heavy atom. The fraction of sp³-hybridized carbons (Fsp3) is 0.750. The van der Waals surface area contributed by atoms with Crippen LogP contribution in [-0.4, -0.2) is 47.4 Å². The van der Waals surface area contributed by atoms with Gasteiger partial charge in [-0.1, -0.05) is 19.8 Å². The maximum atomic E-state index is 11.9. The minimum atomic E-state index is -1.02. The predicted octanol–water partition coefficient (Wildman–Crippen LogP) is 0.224. The van der Waals surface area contributed by atoms with Gasteiger partial charge in [0.25, 0.3) is 0 Å². The number of amides is 2. The quantitative estimate of drug-likeness (QED) is 0.712. The fourth-order valence-electron chi connectivity index (χ4n) is 1.99. The van der Waals surface area contributed by atoms with Gasteiger partial charge in [-0.25, -0.2) is 4.79 Å². The van der Waals surface area contributed by atoms with Crippen LogP contribution in [0.5, 0.6) is 0 Å². The van der Waals surface area contributed by atoms with Gasteiger partial charge in [-0.15, -0.1) is 0 Å². The average Bonchev–Trinajstić information content (AvgIpc) is 2.64. The molecule has 0 radical (unpaired) electrons. The fourth-order valence-corrected chi connectivity index (χ4v) is 1.99. The molecule has 0 aromatic rings. The normalized spacial score (nSPS) is 20.9. The Morgan fingerprint density at radius 2 is 2.22 bits per heavy atom. The summed E-state index contributed by atoms with van der Waals surface area (Å²) in [4.78, 5) is 35.7. The van der Waals surface area contributed by atoms with Crippen molar-refractivity contribution < 1.29 is 19.5 Å². The van der Waals surface area contributed by atoms with Crippen molar-refractivity contribution >= 4 is 17.8 Å². The zero-order valence-corrected chi connectivity index (χ0v) is 10.8. The maximum absolute atomic E-state index is 11.9. The summed E-state index contributed by atoms with van der Waals surface area (Å²) < 4.78 is 0. The highest BCUT2D eigenvalue weighted by molar-refractivity contribution is 5.91. The van der Waals surface area contributed by atoms with Crippen LogP contribution in [-0.2, 0) is 14.4 Å². The molecule has 2 atom stereocenters. The molecule has 2 N–H and O–H groups in total. The van der Waals surface area contributed by atoms with Gasteiger partial charge < -0.3 is 15.3 Å². The van der Waals surface area contributed by atoms with Crippen LogP contribution in [0.4, 0.5) is 0 Å². The third kappa shape index (κ3) is 3.72. The molecule has 0 aromatic heterocycles. The van der Waals surface area contributed by atoms with Crippen molar-refractivity contribution in [1.29, 1.82) is 0 Å².